The third-order valence-electron chi connectivity index (χ3n) is 7.06. The van der Waals surface area contributed by atoms with E-state index in [1.807, 2.05) is 4.90 Å². The van der Waals surface area contributed by atoms with Gasteiger partial charge >= 0.3 is 0 Å². The highest BCUT2D eigenvalue weighted by Crippen LogP contribution is 2.28. The Labute approximate surface area is 201 Å². The zero-order valence-electron chi connectivity index (χ0n) is 19.7. The van der Waals surface area contributed by atoms with Crippen LogP contribution in [-0.2, 0) is 24.3 Å². The van der Waals surface area contributed by atoms with Gasteiger partial charge in [-0.1, -0.05) is 0 Å². The van der Waals surface area contributed by atoms with Gasteiger partial charge in [-0.15, -0.1) is 0 Å². The molecule has 0 spiro atoms. The predicted molar refractivity (Wildman–Crippen MR) is 125 cm³/mol. The third-order valence-corrected chi connectivity index (χ3v) is 8.60. The molecule has 1 aromatic rings. The van der Waals surface area contributed by atoms with Crippen molar-refractivity contribution in [2.75, 3.05) is 40.5 Å². The molecule has 1 aromatic carbocycles. The minimum Gasteiger partial charge on any atom is -0.497 e. The summed E-state index contributed by atoms with van der Waals surface area (Å²) < 4.78 is 38.8. The van der Waals surface area contributed by atoms with Crippen LogP contribution in [0.5, 0.6) is 5.75 Å². The lowest BCUT2D eigenvalue weighted by Crippen LogP contribution is -2.58. The topological polar surface area (TPSA) is 117 Å². The minimum atomic E-state index is -3.73. The predicted octanol–water partition coefficient (Wildman–Crippen LogP) is 0.332. The average Bonchev–Trinajstić information content (AvgIpc) is 3.46. The molecule has 188 valence electrons. The summed E-state index contributed by atoms with van der Waals surface area (Å²) in [5.41, 5.74) is 0. The highest BCUT2D eigenvalue weighted by atomic mass is 32.2. The van der Waals surface area contributed by atoms with Crippen molar-refractivity contribution in [3.8, 4) is 5.75 Å². The quantitative estimate of drug-likeness (QED) is 0.508. The van der Waals surface area contributed by atoms with Gasteiger partial charge in [-0.2, -0.15) is 0 Å². The van der Waals surface area contributed by atoms with Crippen LogP contribution >= 0.6 is 0 Å². The number of nitrogens with zero attached hydrogens (tertiary/aromatic N) is 2. The van der Waals surface area contributed by atoms with Gasteiger partial charge in [0.15, 0.2) is 0 Å². The van der Waals surface area contributed by atoms with E-state index >= 15 is 0 Å². The van der Waals surface area contributed by atoms with Crippen LogP contribution in [-0.4, -0.2) is 94.7 Å². The van der Waals surface area contributed by atoms with E-state index in [1.54, 1.807) is 19.2 Å². The summed E-state index contributed by atoms with van der Waals surface area (Å²) in [7, 11) is -0.558. The van der Waals surface area contributed by atoms with Gasteiger partial charge in [0.1, 0.15) is 5.75 Å². The molecular weight excluding hydrogens is 460 g/mol. The van der Waals surface area contributed by atoms with Crippen LogP contribution < -0.4 is 14.8 Å². The molecule has 3 aliphatic heterocycles. The fraction of sp³-hybridized carbons (Fsp3) is 0.652. The molecule has 34 heavy (non-hydrogen) atoms. The van der Waals surface area contributed by atoms with E-state index in [0.29, 0.717) is 44.7 Å². The number of methoxy groups -OCH3 is 2. The number of piperazine rings is 1. The second-order valence-corrected chi connectivity index (χ2v) is 10.9. The molecule has 10 nitrogen and oxygen atoms in total. The molecule has 2 amide bonds. The first kappa shape index (κ1) is 24.9. The lowest BCUT2D eigenvalue weighted by atomic mass is 10.0. The van der Waals surface area contributed by atoms with Gasteiger partial charge in [-0.3, -0.25) is 14.5 Å². The summed E-state index contributed by atoms with van der Waals surface area (Å²) in [4.78, 5) is 29.5. The Bertz CT molecular complexity index is 986. The molecule has 4 atom stereocenters. The molecule has 0 bridgehead atoms. The number of hydrogen-bond acceptors (Lipinski definition) is 7. The number of likely N-dealkylation sites (tertiary alicyclic amines) is 1. The summed E-state index contributed by atoms with van der Waals surface area (Å²) >= 11 is 0. The highest BCUT2D eigenvalue weighted by Gasteiger charge is 2.44. The molecule has 3 aliphatic rings. The second kappa shape index (κ2) is 10.6. The molecule has 11 heteroatoms. The fourth-order valence-electron chi connectivity index (χ4n) is 5.33. The number of hydrogen-bond donors (Lipinski definition) is 2. The maximum absolute atomic E-state index is 12.9. The van der Waals surface area contributed by atoms with Crippen LogP contribution in [0, 0.1) is 0 Å². The van der Waals surface area contributed by atoms with Crippen molar-refractivity contribution in [1.82, 2.24) is 19.8 Å². The molecule has 3 fully saturated rings. The Morgan fingerprint density at radius 2 is 1.97 bits per heavy atom. The summed E-state index contributed by atoms with van der Waals surface area (Å²) in [6, 6.07) is 5.55. The molecule has 0 radical (unpaired) electrons. The lowest BCUT2D eigenvalue weighted by Gasteiger charge is -2.37. The Kier molecular flexibility index (Phi) is 7.76. The molecule has 3 saturated heterocycles. The number of ether oxygens (including phenoxy) is 2. The number of carbonyl (C=O) groups is 2. The number of rotatable bonds is 9. The van der Waals surface area contributed by atoms with Crippen LogP contribution in [0.3, 0.4) is 0 Å². The zero-order valence-corrected chi connectivity index (χ0v) is 20.6. The van der Waals surface area contributed by atoms with Gasteiger partial charge in [0.25, 0.3) is 0 Å². The van der Waals surface area contributed by atoms with Crippen LogP contribution in [0.2, 0.25) is 0 Å². The zero-order chi connectivity index (χ0) is 24.3. The Balaban J connectivity index is 1.36. The van der Waals surface area contributed by atoms with Gasteiger partial charge in [0, 0.05) is 45.2 Å². The first-order valence-electron chi connectivity index (χ1n) is 11.8. The van der Waals surface area contributed by atoms with Gasteiger partial charge in [0.05, 0.1) is 30.7 Å². The molecular formula is C23H34N4O6S. The van der Waals surface area contributed by atoms with Crippen LogP contribution in [0.1, 0.15) is 32.1 Å². The molecule has 0 unspecified atom stereocenters. The summed E-state index contributed by atoms with van der Waals surface area (Å²) in [6.07, 6.45) is 3.36. The maximum Gasteiger partial charge on any atom is 0.240 e. The van der Waals surface area contributed by atoms with E-state index in [-0.39, 0.29) is 34.8 Å². The van der Waals surface area contributed by atoms with E-state index in [0.717, 1.165) is 19.4 Å². The van der Waals surface area contributed by atoms with Gasteiger partial charge < -0.3 is 19.7 Å². The lowest BCUT2D eigenvalue weighted by molar-refractivity contribution is -0.133. The Morgan fingerprint density at radius 1 is 1.21 bits per heavy atom. The normalized spacial score (nSPS) is 27.5. The molecule has 0 aromatic heterocycles. The fourth-order valence-corrected chi connectivity index (χ4v) is 6.57. The van der Waals surface area contributed by atoms with E-state index in [1.165, 1.54) is 19.2 Å². The van der Waals surface area contributed by atoms with Crippen molar-refractivity contribution in [3.63, 3.8) is 0 Å². The number of sulfonamides is 1. The molecule has 3 heterocycles. The standard InChI is InChI=1S/C23H34N4O6S/c1-32-15-18-4-3-11-26(18)22(28)10-5-17-13-24-23(29)21-12-16(14-27(17)21)25-34(30,31)20-8-6-19(33-2)7-9-20/h6-9,16-18,21,25H,3-5,10-15H2,1-2H3,(H,24,29)/t16-,17+,18-,21-/m0/s1. The smallest absolute Gasteiger partial charge is 0.240 e. The second-order valence-electron chi connectivity index (χ2n) is 9.22. The number of benzene rings is 1. The molecule has 4 rings (SSSR count). The number of carbonyl (C=O) groups excluding carboxylic acids is 2. The average molecular weight is 495 g/mol. The first-order chi connectivity index (χ1) is 16.3. The Hall–Kier alpha value is -2.21. The summed E-state index contributed by atoms with van der Waals surface area (Å²) in [6.45, 7) is 2.20. The first-order valence-corrected chi connectivity index (χ1v) is 13.3. The SMILES string of the molecule is COC[C@@H]1CCCN1C(=O)CC[C@@H]1CNC(=O)[C@@H]2C[C@H](NS(=O)(=O)c3ccc(OC)cc3)CN12. The van der Waals surface area contributed by atoms with Crippen molar-refractivity contribution in [3.05, 3.63) is 24.3 Å². The highest BCUT2D eigenvalue weighted by molar-refractivity contribution is 7.89. The van der Waals surface area contributed by atoms with Crippen molar-refractivity contribution in [2.24, 2.45) is 0 Å². The largest absolute Gasteiger partial charge is 0.497 e. The maximum atomic E-state index is 12.9. The van der Waals surface area contributed by atoms with E-state index in [4.69, 9.17) is 9.47 Å². The number of fused-ring (bicyclic) bond motifs is 1. The number of amides is 2. The van der Waals surface area contributed by atoms with Crippen molar-refractivity contribution < 1.29 is 27.5 Å². The number of nitrogens with one attached hydrogen (secondary N) is 2. The van der Waals surface area contributed by atoms with E-state index < -0.39 is 16.1 Å². The van der Waals surface area contributed by atoms with Gasteiger partial charge in [-0.25, -0.2) is 13.1 Å². The van der Waals surface area contributed by atoms with Crippen LogP contribution in [0.15, 0.2) is 29.2 Å². The summed E-state index contributed by atoms with van der Waals surface area (Å²) in [5.74, 6) is 0.603. The molecule has 2 N–H and O–H groups in total. The van der Waals surface area contributed by atoms with Crippen LogP contribution in [0.25, 0.3) is 0 Å². The van der Waals surface area contributed by atoms with E-state index in [2.05, 4.69) is 14.9 Å². The minimum absolute atomic E-state index is 0.00869. The molecule has 0 aliphatic carbocycles. The van der Waals surface area contributed by atoms with Gasteiger partial charge in [-0.05, 0) is 49.9 Å². The molecule has 0 saturated carbocycles. The van der Waals surface area contributed by atoms with Gasteiger partial charge in [0.2, 0.25) is 21.8 Å². The van der Waals surface area contributed by atoms with Crippen molar-refractivity contribution in [2.45, 2.75) is 61.2 Å². The monoisotopic (exact) mass is 494 g/mol. The van der Waals surface area contributed by atoms with Crippen molar-refractivity contribution >= 4 is 21.8 Å². The van der Waals surface area contributed by atoms with Crippen molar-refractivity contribution in [1.29, 1.82) is 0 Å². The third kappa shape index (κ3) is 5.37. The summed E-state index contributed by atoms with van der Waals surface area (Å²) in [5, 5.41) is 2.94. The van der Waals surface area contributed by atoms with E-state index in [9.17, 15) is 18.0 Å². The Morgan fingerprint density at radius 3 is 2.68 bits per heavy atom. The van der Waals surface area contributed by atoms with Crippen LogP contribution in [0.4, 0.5) is 0 Å².